The molecule has 1 unspecified atom stereocenters. The first kappa shape index (κ1) is 15.4. The highest BCUT2D eigenvalue weighted by atomic mass is 35.5. The fourth-order valence-electron chi connectivity index (χ4n) is 2.80. The van der Waals surface area contributed by atoms with Crippen LogP contribution in [0, 0.1) is 0 Å². The lowest BCUT2D eigenvalue weighted by Crippen LogP contribution is -2.15. The molecule has 3 nitrogen and oxygen atoms in total. The van der Waals surface area contributed by atoms with Crippen molar-refractivity contribution >= 4 is 28.3 Å². The first-order chi connectivity index (χ1) is 11.1. The lowest BCUT2D eigenvalue weighted by atomic mass is 9.88. The third kappa shape index (κ3) is 3.15. The van der Waals surface area contributed by atoms with Crippen molar-refractivity contribution in [3.05, 3.63) is 76.8 Å². The molecular formula is C19H15ClO3. The van der Waals surface area contributed by atoms with E-state index in [-0.39, 0.29) is 10.8 Å². The summed E-state index contributed by atoms with van der Waals surface area (Å²) in [5, 5.41) is 21.4. The minimum Gasteiger partial charge on any atom is -0.506 e. The molecule has 0 aromatic heterocycles. The van der Waals surface area contributed by atoms with E-state index < -0.39 is 11.9 Å². The number of phenols is 1. The summed E-state index contributed by atoms with van der Waals surface area (Å²) in [5.41, 5.74) is 1.55. The number of carboxylic acid groups (broad SMARTS) is 1. The molecule has 0 fully saturated rings. The number of hydrogen-bond donors (Lipinski definition) is 2. The molecule has 3 aromatic rings. The topological polar surface area (TPSA) is 57.5 Å². The molecule has 0 saturated heterocycles. The molecule has 2 N–H and O–H groups in total. The number of rotatable bonds is 4. The first-order valence-electron chi connectivity index (χ1n) is 7.24. The first-order valence-corrected chi connectivity index (χ1v) is 7.62. The fourth-order valence-corrected chi connectivity index (χ4v) is 3.00. The Morgan fingerprint density at radius 1 is 1.04 bits per heavy atom. The van der Waals surface area contributed by atoms with Gasteiger partial charge in [0.15, 0.2) is 0 Å². The van der Waals surface area contributed by atoms with Gasteiger partial charge in [0.25, 0.3) is 0 Å². The number of halogens is 1. The second kappa shape index (κ2) is 6.31. The van der Waals surface area contributed by atoms with Gasteiger partial charge in [-0.15, -0.1) is 0 Å². The van der Waals surface area contributed by atoms with E-state index >= 15 is 0 Å². The van der Waals surface area contributed by atoms with Crippen molar-refractivity contribution in [2.45, 2.75) is 12.3 Å². The Hall–Kier alpha value is -2.52. The molecule has 23 heavy (non-hydrogen) atoms. The summed E-state index contributed by atoms with van der Waals surface area (Å²) in [7, 11) is 0. The Morgan fingerprint density at radius 3 is 2.52 bits per heavy atom. The minimum absolute atomic E-state index is 0.00699. The number of benzene rings is 3. The summed E-state index contributed by atoms with van der Waals surface area (Å²) in [4.78, 5) is 11.8. The zero-order valence-electron chi connectivity index (χ0n) is 12.2. The van der Waals surface area contributed by atoms with Crippen LogP contribution in [0.2, 0.25) is 5.02 Å². The molecule has 0 amide bonds. The van der Waals surface area contributed by atoms with Crippen molar-refractivity contribution in [2.24, 2.45) is 0 Å². The van der Waals surface area contributed by atoms with E-state index in [9.17, 15) is 15.0 Å². The van der Waals surface area contributed by atoms with Gasteiger partial charge in [0.1, 0.15) is 5.75 Å². The van der Waals surface area contributed by atoms with Crippen LogP contribution in [0.5, 0.6) is 5.75 Å². The fraction of sp³-hybridized carbons (Fsp3) is 0.105. The van der Waals surface area contributed by atoms with Crippen molar-refractivity contribution < 1.29 is 15.0 Å². The normalized spacial score (nSPS) is 12.2. The van der Waals surface area contributed by atoms with Gasteiger partial charge in [-0.3, -0.25) is 4.79 Å². The number of hydrogen-bond acceptors (Lipinski definition) is 2. The average molecular weight is 327 g/mol. The highest BCUT2D eigenvalue weighted by molar-refractivity contribution is 6.32. The third-order valence-electron chi connectivity index (χ3n) is 3.95. The standard InChI is InChI=1S/C19H15ClO3/c20-17-11-12(8-9-18(17)21)10-16(19(22)23)15-7-3-5-13-4-1-2-6-14(13)15/h1-9,11,16,21H,10H2,(H,22,23). The van der Waals surface area contributed by atoms with Crippen molar-refractivity contribution in [2.75, 3.05) is 0 Å². The van der Waals surface area contributed by atoms with Crippen LogP contribution >= 0.6 is 11.6 Å². The van der Waals surface area contributed by atoms with Gasteiger partial charge in [-0.05, 0) is 40.5 Å². The largest absolute Gasteiger partial charge is 0.506 e. The number of aromatic hydroxyl groups is 1. The minimum atomic E-state index is -0.884. The summed E-state index contributed by atoms with van der Waals surface area (Å²) >= 11 is 5.92. The average Bonchev–Trinajstić information content (AvgIpc) is 2.55. The van der Waals surface area contributed by atoms with Crippen LogP contribution in [0.1, 0.15) is 17.0 Å². The Balaban J connectivity index is 2.04. The monoisotopic (exact) mass is 326 g/mol. The van der Waals surface area contributed by atoms with Crippen molar-refractivity contribution in [3.8, 4) is 5.75 Å². The predicted molar refractivity (Wildman–Crippen MR) is 91.1 cm³/mol. The molecule has 116 valence electrons. The molecule has 3 aromatic carbocycles. The van der Waals surface area contributed by atoms with Gasteiger partial charge in [-0.25, -0.2) is 0 Å². The molecule has 0 saturated carbocycles. The highest BCUT2D eigenvalue weighted by Gasteiger charge is 2.22. The van der Waals surface area contributed by atoms with E-state index in [4.69, 9.17) is 11.6 Å². The third-order valence-corrected chi connectivity index (χ3v) is 4.25. The summed E-state index contributed by atoms with van der Waals surface area (Å²) in [6, 6.07) is 18.2. The van der Waals surface area contributed by atoms with E-state index in [1.807, 2.05) is 42.5 Å². The molecule has 1 atom stereocenters. The van der Waals surface area contributed by atoms with E-state index in [0.29, 0.717) is 6.42 Å². The smallest absolute Gasteiger partial charge is 0.311 e. The Morgan fingerprint density at radius 2 is 1.78 bits per heavy atom. The summed E-state index contributed by atoms with van der Waals surface area (Å²) in [6.45, 7) is 0. The summed E-state index contributed by atoms with van der Waals surface area (Å²) in [5.74, 6) is -1.57. The SMILES string of the molecule is O=C(O)C(Cc1ccc(O)c(Cl)c1)c1cccc2ccccc12. The Bertz CT molecular complexity index is 868. The van der Waals surface area contributed by atoms with Crippen LogP contribution < -0.4 is 0 Å². The molecule has 3 rings (SSSR count). The molecule has 4 heteroatoms. The van der Waals surface area contributed by atoms with Gasteiger partial charge in [-0.1, -0.05) is 60.1 Å². The highest BCUT2D eigenvalue weighted by Crippen LogP contribution is 2.31. The molecule has 0 aliphatic rings. The van der Waals surface area contributed by atoms with Gasteiger partial charge in [0.05, 0.1) is 10.9 Å². The van der Waals surface area contributed by atoms with E-state index in [1.165, 1.54) is 6.07 Å². The summed E-state index contributed by atoms with van der Waals surface area (Å²) < 4.78 is 0. The van der Waals surface area contributed by atoms with Crippen molar-refractivity contribution in [3.63, 3.8) is 0 Å². The second-order valence-corrected chi connectivity index (χ2v) is 5.86. The zero-order valence-corrected chi connectivity index (χ0v) is 13.0. The molecule has 0 radical (unpaired) electrons. The molecule has 0 aliphatic heterocycles. The number of phenolic OH excluding ortho intramolecular Hbond substituents is 1. The van der Waals surface area contributed by atoms with E-state index in [2.05, 4.69) is 0 Å². The number of carbonyl (C=O) groups is 1. The van der Waals surface area contributed by atoms with Gasteiger partial charge >= 0.3 is 5.97 Å². The predicted octanol–water partition coefficient (Wildman–Crippen LogP) is 4.61. The number of aliphatic carboxylic acids is 1. The van der Waals surface area contributed by atoms with Crippen molar-refractivity contribution in [1.82, 2.24) is 0 Å². The van der Waals surface area contributed by atoms with E-state index in [1.54, 1.807) is 12.1 Å². The maximum absolute atomic E-state index is 11.8. The van der Waals surface area contributed by atoms with Gasteiger partial charge in [0, 0.05) is 0 Å². The molecule has 0 heterocycles. The molecule has 0 aliphatic carbocycles. The quantitative estimate of drug-likeness (QED) is 0.736. The second-order valence-electron chi connectivity index (χ2n) is 5.45. The lowest BCUT2D eigenvalue weighted by molar-refractivity contribution is -0.138. The number of fused-ring (bicyclic) bond motifs is 1. The van der Waals surface area contributed by atoms with Gasteiger partial charge in [0.2, 0.25) is 0 Å². The molecule has 0 spiro atoms. The molecule has 0 bridgehead atoms. The van der Waals surface area contributed by atoms with Gasteiger partial charge in [-0.2, -0.15) is 0 Å². The maximum Gasteiger partial charge on any atom is 0.311 e. The van der Waals surface area contributed by atoms with Crippen molar-refractivity contribution in [1.29, 1.82) is 0 Å². The maximum atomic E-state index is 11.8. The van der Waals surface area contributed by atoms with E-state index in [0.717, 1.165) is 21.9 Å². The van der Waals surface area contributed by atoms with Crippen LogP contribution in [0.4, 0.5) is 0 Å². The lowest BCUT2D eigenvalue weighted by Gasteiger charge is -2.16. The summed E-state index contributed by atoms with van der Waals surface area (Å²) in [6.07, 6.45) is 0.309. The molecular weight excluding hydrogens is 312 g/mol. The van der Waals surface area contributed by atoms with Gasteiger partial charge < -0.3 is 10.2 Å². The van der Waals surface area contributed by atoms with Crippen LogP contribution in [-0.2, 0) is 11.2 Å². The number of carboxylic acids is 1. The Labute approximate surface area is 138 Å². The Kier molecular flexibility index (Phi) is 4.22. The zero-order chi connectivity index (χ0) is 16.4. The van der Waals surface area contributed by atoms with Crippen LogP contribution in [0.25, 0.3) is 10.8 Å². The van der Waals surface area contributed by atoms with Crippen LogP contribution in [-0.4, -0.2) is 16.2 Å². The van der Waals surface area contributed by atoms with Crippen LogP contribution in [0.3, 0.4) is 0 Å². The van der Waals surface area contributed by atoms with Crippen LogP contribution in [0.15, 0.2) is 60.7 Å².